The molecule has 0 amide bonds. The Labute approximate surface area is 192 Å². The zero-order valence-corrected chi connectivity index (χ0v) is 18.7. The van der Waals surface area contributed by atoms with Crippen LogP contribution in [0.3, 0.4) is 0 Å². The number of anilines is 2. The van der Waals surface area contributed by atoms with Crippen molar-refractivity contribution in [2.75, 3.05) is 11.9 Å². The minimum Gasteiger partial charge on any atom is -0.481 e. The highest BCUT2D eigenvalue weighted by Crippen LogP contribution is 2.24. The maximum atomic E-state index is 12.7. The van der Waals surface area contributed by atoms with Gasteiger partial charge in [-0.2, -0.15) is 0 Å². The zero-order chi connectivity index (χ0) is 23.1. The van der Waals surface area contributed by atoms with Gasteiger partial charge < -0.3 is 10.0 Å². The van der Waals surface area contributed by atoms with Crippen molar-refractivity contribution >= 4 is 41.1 Å². The number of aliphatic carboxylic acids is 1. The van der Waals surface area contributed by atoms with E-state index in [4.69, 9.17) is 11.6 Å². The van der Waals surface area contributed by atoms with E-state index in [9.17, 15) is 14.7 Å². The molecule has 0 bridgehead atoms. The summed E-state index contributed by atoms with van der Waals surface area (Å²) in [6.07, 6.45) is 7.14. The molecule has 1 N–H and O–H groups in total. The Hall–Kier alpha value is -3.51. The first kappa shape index (κ1) is 23.2. The summed E-state index contributed by atoms with van der Waals surface area (Å²) in [5.74, 6) is -1.49. The van der Waals surface area contributed by atoms with Gasteiger partial charge in [0.2, 0.25) is 5.95 Å². The molecule has 164 valence electrons. The largest absolute Gasteiger partial charge is 0.481 e. The van der Waals surface area contributed by atoms with Gasteiger partial charge in [-0.3, -0.25) is 9.59 Å². The van der Waals surface area contributed by atoms with Gasteiger partial charge in [-0.25, -0.2) is 9.97 Å². The van der Waals surface area contributed by atoms with Crippen molar-refractivity contribution in [2.24, 2.45) is 5.92 Å². The highest BCUT2D eigenvalue weighted by molar-refractivity contribution is 6.34. The second kappa shape index (κ2) is 10.7. The number of carboxylic acids is 1. The van der Waals surface area contributed by atoms with Gasteiger partial charge >= 0.3 is 5.97 Å². The molecule has 1 unspecified atom stereocenters. The predicted molar refractivity (Wildman–Crippen MR) is 126 cm³/mol. The average Bonchev–Trinajstić information content (AvgIpc) is 2.78. The number of hydrogen-bond acceptors (Lipinski definition) is 5. The van der Waals surface area contributed by atoms with E-state index in [1.54, 1.807) is 49.7 Å². The third-order valence-electron chi connectivity index (χ3n) is 5.15. The normalized spacial score (nSPS) is 12.0. The molecule has 6 nitrogen and oxygen atoms in total. The van der Waals surface area contributed by atoms with Gasteiger partial charge in [-0.1, -0.05) is 48.0 Å². The Morgan fingerprint density at radius 3 is 2.41 bits per heavy atom. The molecule has 0 aliphatic carbocycles. The SMILES string of the molecule is Cc1cccc(Cl)c1C(=O)CC(C/C=C/c1ccc(N(C)c2ncccn2)cc1)C(=O)O. The van der Waals surface area contributed by atoms with Crippen molar-refractivity contribution in [1.29, 1.82) is 0 Å². The van der Waals surface area contributed by atoms with Crippen molar-refractivity contribution in [3.8, 4) is 0 Å². The van der Waals surface area contributed by atoms with Crippen LogP contribution in [0.5, 0.6) is 0 Å². The predicted octanol–water partition coefficient (Wildman–Crippen LogP) is 5.58. The third-order valence-corrected chi connectivity index (χ3v) is 5.46. The van der Waals surface area contributed by atoms with Gasteiger partial charge in [0.15, 0.2) is 5.78 Å². The number of hydrogen-bond donors (Lipinski definition) is 1. The molecular formula is C25H24ClN3O3. The molecule has 0 spiro atoms. The fourth-order valence-corrected chi connectivity index (χ4v) is 3.67. The van der Waals surface area contributed by atoms with Gasteiger partial charge in [0, 0.05) is 37.1 Å². The van der Waals surface area contributed by atoms with Crippen LogP contribution in [-0.4, -0.2) is 33.9 Å². The Balaban J connectivity index is 1.64. The van der Waals surface area contributed by atoms with Crippen LogP contribution in [0.25, 0.3) is 6.08 Å². The number of allylic oxidation sites excluding steroid dienone is 1. The lowest BCUT2D eigenvalue weighted by Crippen LogP contribution is -2.18. The van der Waals surface area contributed by atoms with E-state index in [2.05, 4.69) is 9.97 Å². The van der Waals surface area contributed by atoms with E-state index in [-0.39, 0.29) is 18.6 Å². The van der Waals surface area contributed by atoms with Crippen molar-refractivity contribution in [2.45, 2.75) is 19.8 Å². The maximum absolute atomic E-state index is 12.7. The van der Waals surface area contributed by atoms with Gasteiger partial charge in [0.25, 0.3) is 0 Å². The number of carboxylic acid groups (broad SMARTS) is 1. The lowest BCUT2D eigenvalue weighted by molar-refractivity contribution is -0.141. The van der Waals surface area contributed by atoms with E-state index in [0.717, 1.165) is 16.8 Å². The van der Waals surface area contributed by atoms with Crippen LogP contribution in [0.4, 0.5) is 11.6 Å². The van der Waals surface area contributed by atoms with Gasteiger partial charge in [0.1, 0.15) is 0 Å². The van der Waals surface area contributed by atoms with Crippen LogP contribution >= 0.6 is 11.6 Å². The molecular weight excluding hydrogens is 426 g/mol. The fraction of sp³-hybridized carbons (Fsp3) is 0.200. The summed E-state index contributed by atoms with van der Waals surface area (Å²) in [4.78, 5) is 34.7. The van der Waals surface area contributed by atoms with Crippen LogP contribution in [0.1, 0.15) is 34.3 Å². The molecule has 1 atom stereocenters. The number of nitrogens with zero attached hydrogens (tertiary/aromatic N) is 3. The monoisotopic (exact) mass is 449 g/mol. The zero-order valence-electron chi connectivity index (χ0n) is 17.9. The van der Waals surface area contributed by atoms with Crippen LogP contribution in [0.15, 0.2) is 67.0 Å². The second-order valence-electron chi connectivity index (χ2n) is 7.43. The summed E-state index contributed by atoms with van der Waals surface area (Å²) < 4.78 is 0. The number of carbonyl (C=O) groups is 2. The summed E-state index contributed by atoms with van der Waals surface area (Å²) in [6, 6.07) is 14.7. The average molecular weight is 450 g/mol. The van der Waals surface area contributed by atoms with Crippen LogP contribution < -0.4 is 4.90 Å². The van der Waals surface area contributed by atoms with E-state index >= 15 is 0 Å². The summed E-state index contributed by atoms with van der Waals surface area (Å²) >= 11 is 6.15. The summed E-state index contributed by atoms with van der Waals surface area (Å²) in [5.41, 5.74) is 2.99. The standard InChI is InChI=1S/C25H24ClN3O3/c1-17-6-3-9-21(26)23(17)22(30)16-19(24(31)32)8-4-7-18-10-12-20(13-11-18)29(2)25-27-14-5-15-28-25/h3-7,9-15,19H,8,16H2,1-2H3,(H,31,32)/b7-4+. The molecule has 0 aliphatic heterocycles. The van der Waals surface area contributed by atoms with E-state index in [0.29, 0.717) is 16.5 Å². The molecule has 2 aromatic carbocycles. The Morgan fingerprint density at radius 1 is 1.09 bits per heavy atom. The molecule has 0 fully saturated rings. The molecule has 1 heterocycles. The number of halogens is 1. The lowest BCUT2D eigenvalue weighted by Gasteiger charge is -2.16. The molecule has 0 radical (unpaired) electrons. The summed E-state index contributed by atoms with van der Waals surface area (Å²) in [6.45, 7) is 1.79. The first-order valence-corrected chi connectivity index (χ1v) is 10.5. The molecule has 0 aliphatic rings. The van der Waals surface area contributed by atoms with Gasteiger partial charge in [0.05, 0.1) is 10.9 Å². The quantitative estimate of drug-likeness (QED) is 0.429. The second-order valence-corrected chi connectivity index (χ2v) is 7.84. The van der Waals surface area contributed by atoms with E-state index in [1.807, 2.05) is 42.3 Å². The number of benzene rings is 2. The molecule has 3 rings (SSSR count). The van der Waals surface area contributed by atoms with Crippen molar-refractivity contribution < 1.29 is 14.7 Å². The van der Waals surface area contributed by atoms with Gasteiger partial charge in [-0.15, -0.1) is 0 Å². The summed E-state index contributed by atoms with van der Waals surface area (Å²) in [5, 5.41) is 9.92. The number of carbonyl (C=O) groups excluding carboxylic acids is 1. The first-order chi connectivity index (χ1) is 15.4. The number of rotatable bonds is 9. The van der Waals surface area contributed by atoms with E-state index in [1.165, 1.54) is 0 Å². The van der Waals surface area contributed by atoms with Gasteiger partial charge in [-0.05, 0) is 48.7 Å². The third kappa shape index (κ3) is 5.80. The first-order valence-electron chi connectivity index (χ1n) is 10.1. The van der Waals surface area contributed by atoms with E-state index < -0.39 is 11.9 Å². The number of aromatic nitrogens is 2. The number of Topliss-reactive ketones (excluding diaryl/α,β-unsaturated/α-hetero) is 1. The summed E-state index contributed by atoms with van der Waals surface area (Å²) in [7, 11) is 1.88. The minimum absolute atomic E-state index is 0.106. The molecule has 3 aromatic rings. The number of ketones is 1. The highest BCUT2D eigenvalue weighted by atomic mass is 35.5. The van der Waals surface area contributed by atoms with Crippen LogP contribution in [0, 0.1) is 12.8 Å². The molecule has 1 aromatic heterocycles. The van der Waals surface area contributed by atoms with Crippen LogP contribution in [0.2, 0.25) is 5.02 Å². The molecule has 32 heavy (non-hydrogen) atoms. The van der Waals surface area contributed by atoms with Crippen LogP contribution in [-0.2, 0) is 4.79 Å². The highest BCUT2D eigenvalue weighted by Gasteiger charge is 2.23. The minimum atomic E-state index is -1.01. The van der Waals surface area contributed by atoms with Crippen molar-refractivity contribution in [3.05, 3.63) is 88.7 Å². The molecule has 7 heteroatoms. The molecule has 0 saturated carbocycles. The maximum Gasteiger partial charge on any atom is 0.307 e. The smallest absolute Gasteiger partial charge is 0.307 e. The Kier molecular flexibility index (Phi) is 7.73. The van der Waals surface area contributed by atoms with Crippen molar-refractivity contribution in [3.63, 3.8) is 0 Å². The molecule has 0 saturated heterocycles. The lowest BCUT2D eigenvalue weighted by atomic mass is 9.93. The number of aryl methyl sites for hydroxylation is 1. The Morgan fingerprint density at radius 2 is 1.78 bits per heavy atom. The van der Waals surface area contributed by atoms with Crippen molar-refractivity contribution in [1.82, 2.24) is 9.97 Å². The Bertz CT molecular complexity index is 1090. The fourth-order valence-electron chi connectivity index (χ4n) is 3.34. The topological polar surface area (TPSA) is 83.4 Å².